The Morgan fingerprint density at radius 1 is 1.41 bits per heavy atom. The summed E-state index contributed by atoms with van der Waals surface area (Å²) in [6.07, 6.45) is 16.1. The molecule has 152 valence electrons. The van der Waals surface area contributed by atoms with Crippen molar-refractivity contribution in [1.82, 2.24) is 0 Å². The van der Waals surface area contributed by atoms with Crippen LogP contribution in [0, 0.1) is 23.7 Å². The minimum Gasteiger partial charge on any atom is -0.481 e. The zero-order chi connectivity index (χ0) is 19.8. The van der Waals surface area contributed by atoms with E-state index >= 15 is 0 Å². The highest BCUT2D eigenvalue weighted by atomic mass is 16.4. The van der Waals surface area contributed by atoms with E-state index < -0.39 is 12.1 Å². The molecule has 0 spiro atoms. The Bertz CT molecular complexity index is 563. The number of rotatable bonds is 11. The molecule has 1 unspecified atom stereocenters. The fourth-order valence-electron chi connectivity index (χ4n) is 4.53. The van der Waals surface area contributed by atoms with Gasteiger partial charge in [-0.3, -0.25) is 4.79 Å². The summed E-state index contributed by atoms with van der Waals surface area (Å²) in [6.45, 7) is 4.38. The van der Waals surface area contributed by atoms with Crippen molar-refractivity contribution in [2.45, 2.75) is 77.4 Å². The van der Waals surface area contributed by atoms with Gasteiger partial charge < -0.3 is 15.3 Å². The Morgan fingerprint density at radius 3 is 2.89 bits per heavy atom. The third kappa shape index (κ3) is 6.93. The van der Waals surface area contributed by atoms with E-state index in [-0.39, 0.29) is 18.4 Å². The average Bonchev–Trinajstić information content (AvgIpc) is 3.11. The molecule has 27 heavy (non-hydrogen) atoms. The SMILES string of the molecule is CCCCC(C)C[C@H](O)C=C[C@H]1[C@H]2CC(C=CCCC(=O)O)=C[C@H]2C[C@H]1O. The zero-order valence-corrected chi connectivity index (χ0v) is 16.8. The van der Waals surface area contributed by atoms with Gasteiger partial charge >= 0.3 is 5.97 Å². The van der Waals surface area contributed by atoms with Gasteiger partial charge in [0.25, 0.3) is 0 Å². The number of aliphatic hydroxyl groups is 2. The van der Waals surface area contributed by atoms with Crippen molar-refractivity contribution in [3.05, 3.63) is 36.0 Å². The van der Waals surface area contributed by atoms with Gasteiger partial charge in [-0.2, -0.15) is 0 Å². The minimum absolute atomic E-state index is 0.0942. The van der Waals surface area contributed by atoms with Crippen molar-refractivity contribution in [1.29, 1.82) is 0 Å². The quantitative estimate of drug-likeness (QED) is 0.465. The maximum absolute atomic E-state index is 10.6. The first kappa shape index (κ1) is 21.9. The number of hydrogen-bond acceptors (Lipinski definition) is 3. The number of fused-ring (bicyclic) bond motifs is 1. The van der Waals surface area contributed by atoms with Crippen LogP contribution in [0.1, 0.15) is 65.2 Å². The van der Waals surface area contributed by atoms with Gasteiger partial charge in [0.05, 0.1) is 12.2 Å². The highest BCUT2D eigenvalue weighted by molar-refractivity contribution is 5.66. The van der Waals surface area contributed by atoms with Crippen LogP contribution in [-0.2, 0) is 4.79 Å². The van der Waals surface area contributed by atoms with Crippen LogP contribution in [0.25, 0.3) is 0 Å². The number of carboxylic acids is 1. The number of allylic oxidation sites excluding steroid dienone is 4. The second-order valence-corrected chi connectivity index (χ2v) is 8.42. The molecular formula is C23H36O4. The molecule has 0 radical (unpaired) electrons. The monoisotopic (exact) mass is 376 g/mol. The van der Waals surface area contributed by atoms with E-state index in [1.165, 1.54) is 18.4 Å². The van der Waals surface area contributed by atoms with E-state index in [9.17, 15) is 15.0 Å². The summed E-state index contributed by atoms with van der Waals surface area (Å²) in [5, 5.41) is 29.4. The van der Waals surface area contributed by atoms with Crippen LogP contribution in [0.2, 0.25) is 0 Å². The fourth-order valence-corrected chi connectivity index (χ4v) is 4.53. The predicted molar refractivity (Wildman–Crippen MR) is 108 cm³/mol. The van der Waals surface area contributed by atoms with Crippen LogP contribution in [0.3, 0.4) is 0 Å². The maximum atomic E-state index is 10.6. The lowest BCUT2D eigenvalue weighted by molar-refractivity contribution is -0.136. The fraction of sp³-hybridized carbons (Fsp3) is 0.696. The predicted octanol–water partition coefficient (Wildman–Crippen LogP) is 4.48. The molecule has 6 atom stereocenters. The molecule has 2 rings (SSSR count). The van der Waals surface area contributed by atoms with Gasteiger partial charge in [-0.05, 0) is 43.4 Å². The summed E-state index contributed by atoms with van der Waals surface area (Å²) in [5.74, 6) is 0.612. The van der Waals surface area contributed by atoms with Gasteiger partial charge in [0.15, 0.2) is 0 Å². The third-order valence-electron chi connectivity index (χ3n) is 6.01. The first-order valence-corrected chi connectivity index (χ1v) is 10.5. The molecule has 4 heteroatoms. The molecule has 0 saturated heterocycles. The van der Waals surface area contributed by atoms with Crippen molar-refractivity contribution in [3.63, 3.8) is 0 Å². The Hall–Kier alpha value is -1.39. The molecule has 0 aromatic rings. The van der Waals surface area contributed by atoms with Crippen LogP contribution in [-0.4, -0.2) is 33.5 Å². The average molecular weight is 377 g/mol. The first-order valence-electron chi connectivity index (χ1n) is 10.5. The van der Waals surface area contributed by atoms with Crippen LogP contribution < -0.4 is 0 Å². The Labute approximate surface area is 163 Å². The lowest BCUT2D eigenvalue weighted by Crippen LogP contribution is -2.18. The molecule has 0 heterocycles. The number of unbranched alkanes of at least 4 members (excludes halogenated alkanes) is 1. The summed E-state index contributed by atoms with van der Waals surface area (Å²) in [4.78, 5) is 10.6. The standard InChI is InChI=1S/C23H36O4/c1-3-4-7-16(2)12-19(24)10-11-20-21-14-17(8-5-6-9-23(26)27)13-18(21)15-22(20)25/h5,8,10-11,13,16,18-22,24-25H,3-4,6-7,9,12,14-15H2,1-2H3,(H,26,27)/t16?,18-,19+,20-,21-,22+/m0/s1. The zero-order valence-electron chi connectivity index (χ0n) is 16.8. The van der Waals surface area contributed by atoms with Gasteiger partial charge in [-0.15, -0.1) is 0 Å². The van der Waals surface area contributed by atoms with Gasteiger partial charge in [0, 0.05) is 12.3 Å². The van der Waals surface area contributed by atoms with E-state index in [0.29, 0.717) is 24.2 Å². The molecule has 2 aliphatic rings. The Kier molecular flexibility index (Phi) is 8.78. The largest absolute Gasteiger partial charge is 0.481 e. The molecule has 0 aromatic carbocycles. The van der Waals surface area contributed by atoms with Crippen molar-refractivity contribution in [2.24, 2.45) is 23.7 Å². The van der Waals surface area contributed by atoms with E-state index in [1.54, 1.807) is 0 Å². The molecule has 3 N–H and O–H groups in total. The number of carboxylic acid groups (broad SMARTS) is 1. The molecule has 1 saturated carbocycles. The summed E-state index contributed by atoms with van der Waals surface area (Å²) < 4.78 is 0. The van der Waals surface area contributed by atoms with E-state index in [2.05, 4.69) is 19.9 Å². The Morgan fingerprint density at radius 2 is 2.19 bits per heavy atom. The van der Waals surface area contributed by atoms with Gasteiger partial charge in [-0.1, -0.05) is 69.1 Å². The third-order valence-corrected chi connectivity index (χ3v) is 6.01. The van der Waals surface area contributed by atoms with E-state index in [1.807, 2.05) is 24.3 Å². The number of aliphatic hydroxyl groups excluding tert-OH is 2. The Balaban J connectivity index is 1.84. The second kappa shape index (κ2) is 10.8. The van der Waals surface area contributed by atoms with Gasteiger partial charge in [-0.25, -0.2) is 0 Å². The van der Waals surface area contributed by atoms with Gasteiger partial charge in [0.2, 0.25) is 0 Å². The van der Waals surface area contributed by atoms with Crippen LogP contribution in [0.5, 0.6) is 0 Å². The smallest absolute Gasteiger partial charge is 0.303 e. The first-order chi connectivity index (χ1) is 12.9. The lowest BCUT2D eigenvalue weighted by atomic mass is 9.88. The second-order valence-electron chi connectivity index (χ2n) is 8.42. The molecule has 0 aromatic heterocycles. The number of hydrogen-bond donors (Lipinski definition) is 3. The van der Waals surface area contributed by atoms with Crippen LogP contribution in [0.4, 0.5) is 0 Å². The van der Waals surface area contributed by atoms with Crippen molar-refractivity contribution >= 4 is 5.97 Å². The normalized spacial score (nSPS) is 30.0. The van der Waals surface area contributed by atoms with E-state index in [0.717, 1.165) is 25.7 Å². The molecule has 2 aliphatic carbocycles. The van der Waals surface area contributed by atoms with Crippen LogP contribution in [0.15, 0.2) is 36.0 Å². The lowest BCUT2D eigenvalue weighted by Gasteiger charge is -2.19. The van der Waals surface area contributed by atoms with Crippen molar-refractivity contribution < 1.29 is 20.1 Å². The van der Waals surface area contributed by atoms with E-state index in [4.69, 9.17) is 5.11 Å². The van der Waals surface area contributed by atoms with Crippen LogP contribution >= 0.6 is 0 Å². The summed E-state index contributed by atoms with van der Waals surface area (Å²) in [5.41, 5.74) is 1.24. The summed E-state index contributed by atoms with van der Waals surface area (Å²) in [7, 11) is 0. The van der Waals surface area contributed by atoms with Gasteiger partial charge in [0.1, 0.15) is 0 Å². The molecule has 4 nitrogen and oxygen atoms in total. The molecule has 0 amide bonds. The maximum Gasteiger partial charge on any atom is 0.303 e. The highest BCUT2D eigenvalue weighted by Gasteiger charge is 2.42. The molecule has 0 aliphatic heterocycles. The molecule has 1 fully saturated rings. The topological polar surface area (TPSA) is 77.8 Å². The van der Waals surface area contributed by atoms with Crippen molar-refractivity contribution in [3.8, 4) is 0 Å². The van der Waals surface area contributed by atoms with Crippen molar-refractivity contribution in [2.75, 3.05) is 0 Å². The molecule has 0 bridgehead atoms. The highest BCUT2D eigenvalue weighted by Crippen LogP contribution is 2.47. The number of aliphatic carboxylic acids is 1. The molecular weight excluding hydrogens is 340 g/mol. The number of carbonyl (C=O) groups is 1. The minimum atomic E-state index is -0.771. The summed E-state index contributed by atoms with van der Waals surface area (Å²) in [6, 6.07) is 0. The summed E-state index contributed by atoms with van der Waals surface area (Å²) >= 11 is 0.